The summed E-state index contributed by atoms with van der Waals surface area (Å²) in [6.45, 7) is 0. The van der Waals surface area contributed by atoms with E-state index in [0.29, 0.717) is 0 Å². The molecule has 4 rings (SSSR count). The van der Waals surface area contributed by atoms with Crippen molar-refractivity contribution in [1.82, 2.24) is 4.98 Å². The number of hydrogen-bond acceptors (Lipinski definition) is 2. The van der Waals surface area contributed by atoms with Crippen LogP contribution < -0.4 is 0 Å². The van der Waals surface area contributed by atoms with Crippen molar-refractivity contribution in [1.29, 1.82) is 0 Å². The maximum Gasteiger partial charge on any atom is 0.0719 e. The van der Waals surface area contributed by atoms with Crippen LogP contribution in [-0.4, -0.2) is 4.98 Å². The summed E-state index contributed by atoms with van der Waals surface area (Å²) >= 11 is 1.78. The number of hydrogen-bond donors (Lipinski definition) is 0. The molecule has 0 N–H and O–H groups in total. The zero-order chi connectivity index (χ0) is 15.5. The summed E-state index contributed by atoms with van der Waals surface area (Å²) in [5.41, 5.74) is 2.22. The zero-order valence-corrected chi connectivity index (χ0v) is 13.3. The highest BCUT2D eigenvalue weighted by Crippen LogP contribution is 2.39. The lowest BCUT2D eigenvalue weighted by Gasteiger charge is -2.12. The van der Waals surface area contributed by atoms with Crippen LogP contribution in [0.15, 0.2) is 101 Å². The number of rotatable bonds is 3. The average molecular weight is 313 g/mol. The third kappa shape index (κ3) is 2.86. The Morgan fingerprint density at radius 1 is 0.652 bits per heavy atom. The normalized spacial score (nSPS) is 10.8. The molecule has 0 atom stereocenters. The van der Waals surface area contributed by atoms with Gasteiger partial charge in [0.15, 0.2) is 0 Å². The van der Waals surface area contributed by atoms with Gasteiger partial charge in [0.05, 0.1) is 5.69 Å². The molecule has 1 aromatic heterocycles. The maximum absolute atomic E-state index is 4.59. The van der Waals surface area contributed by atoms with Gasteiger partial charge < -0.3 is 0 Å². The van der Waals surface area contributed by atoms with E-state index >= 15 is 0 Å². The van der Waals surface area contributed by atoms with E-state index in [-0.39, 0.29) is 0 Å². The maximum atomic E-state index is 4.59. The van der Waals surface area contributed by atoms with Gasteiger partial charge in [0, 0.05) is 21.6 Å². The van der Waals surface area contributed by atoms with Crippen LogP contribution in [0.3, 0.4) is 0 Å². The molecule has 1 heterocycles. The Labute approximate surface area is 140 Å². The Kier molecular flexibility index (Phi) is 3.83. The minimum absolute atomic E-state index is 1.02. The molecule has 0 saturated carbocycles. The van der Waals surface area contributed by atoms with Crippen LogP contribution in [0.5, 0.6) is 0 Å². The topological polar surface area (TPSA) is 12.9 Å². The van der Waals surface area contributed by atoms with Gasteiger partial charge in [-0.1, -0.05) is 66.4 Å². The van der Waals surface area contributed by atoms with Crippen molar-refractivity contribution >= 4 is 22.5 Å². The van der Waals surface area contributed by atoms with Gasteiger partial charge in [0.1, 0.15) is 0 Å². The minimum atomic E-state index is 1.02. The van der Waals surface area contributed by atoms with Crippen molar-refractivity contribution in [3.8, 4) is 11.3 Å². The molecular weight excluding hydrogens is 298 g/mol. The van der Waals surface area contributed by atoms with E-state index in [1.807, 2.05) is 24.4 Å². The minimum Gasteiger partial charge on any atom is -0.256 e. The molecule has 4 aromatic rings. The smallest absolute Gasteiger partial charge is 0.0719 e. The summed E-state index contributed by atoms with van der Waals surface area (Å²) in [6.07, 6.45) is 1.86. The zero-order valence-electron chi connectivity index (χ0n) is 12.5. The SMILES string of the molecule is c1ccc(Sc2ccc3ccccc3c2-c2ccccn2)cc1. The number of nitrogens with zero attached hydrogens (tertiary/aromatic N) is 1. The summed E-state index contributed by atoms with van der Waals surface area (Å²) < 4.78 is 0. The first-order chi connectivity index (χ1) is 11.4. The first kappa shape index (κ1) is 14.0. The Morgan fingerprint density at radius 2 is 1.43 bits per heavy atom. The molecule has 0 bridgehead atoms. The number of pyridine rings is 1. The third-order valence-corrected chi connectivity index (χ3v) is 4.85. The molecule has 0 spiro atoms. The van der Waals surface area contributed by atoms with Gasteiger partial charge in [-0.15, -0.1) is 0 Å². The highest BCUT2D eigenvalue weighted by atomic mass is 32.2. The van der Waals surface area contributed by atoms with Crippen LogP contribution in [0.4, 0.5) is 0 Å². The molecule has 0 radical (unpaired) electrons. The van der Waals surface area contributed by atoms with Crippen LogP contribution in [0.2, 0.25) is 0 Å². The second-order valence-corrected chi connectivity index (χ2v) is 6.41. The molecule has 0 aliphatic rings. The second kappa shape index (κ2) is 6.27. The lowest BCUT2D eigenvalue weighted by atomic mass is 10.0. The first-order valence-electron chi connectivity index (χ1n) is 7.58. The van der Waals surface area contributed by atoms with Crippen LogP contribution in [0.1, 0.15) is 0 Å². The van der Waals surface area contributed by atoms with E-state index in [1.54, 1.807) is 11.8 Å². The predicted molar refractivity (Wildman–Crippen MR) is 97.7 cm³/mol. The molecule has 0 unspecified atom stereocenters. The third-order valence-electron chi connectivity index (χ3n) is 3.78. The first-order valence-corrected chi connectivity index (χ1v) is 8.39. The van der Waals surface area contributed by atoms with E-state index in [9.17, 15) is 0 Å². The van der Waals surface area contributed by atoms with Crippen LogP contribution in [0, 0.1) is 0 Å². The highest BCUT2D eigenvalue weighted by Gasteiger charge is 2.12. The van der Waals surface area contributed by atoms with Gasteiger partial charge in [0.2, 0.25) is 0 Å². The summed E-state index contributed by atoms with van der Waals surface area (Å²) in [4.78, 5) is 7.05. The average Bonchev–Trinajstić information content (AvgIpc) is 2.63. The highest BCUT2D eigenvalue weighted by molar-refractivity contribution is 7.99. The molecule has 110 valence electrons. The molecule has 0 aliphatic heterocycles. The Balaban J connectivity index is 1.93. The van der Waals surface area contributed by atoms with Crippen molar-refractivity contribution in [2.45, 2.75) is 9.79 Å². The number of fused-ring (bicyclic) bond motifs is 1. The van der Waals surface area contributed by atoms with E-state index in [4.69, 9.17) is 0 Å². The predicted octanol–water partition coefficient (Wildman–Crippen LogP) is 6.05. The molecule has 3 aromatic carbocycles. The standard InChI is InChI=1S/C21H15NS/c1-2-9-17(10-3-1)23-20-14-13-16-8-4-5-11-18(16)21(20)19-12-6-7-15-22-19/h1-15H. The van der Waals surface area contributed by atoms with Crippen molar-refractivity contribution in [2.24, 2.45) is 0 Å². The fourth-order valence-electron chi connectivity index (χ4n) is 2.73. The number of benzene rings is 3. The van der Waals surface area contributed by atoms with Crippen LogP contribution >= 0.6 is 11.8 Å². The molecule has 0 saturated heterocycles. The molecule has 23 heavy (non-hydrogen) atoms. The molecule has 0 amide bonds. The largest absolute Gasteiger partial charge is 0.256 e. The Hall–Kier alpha value is -2.58. The van der Waals surface area contributed by atoms with Crippen molar-refractivity contribution in [2.75, 3.05) is 0 Å². The monoisotopic (exact) mass is 313 g/mol. The lowest BCUT2D eigenvalue weighted by molar-refractivity contribution is 1.30. The van der Waals surface area contributed by atoms with Gasteiger partial charge in [-0.05, 0) is 41.1 Å². The quantitative estimate of drug-likeness (QED) is 0.456. The van der Waals surface area contributed by atoms with Gasteiger partial charge in [-0.2, -0.15) is 0 Å². The number of aromatic nitrogens is 1. The second-order valence-electron chi connectivity index (χ2n) is 5.29. The van der Waals surface area contributed by atoms with Crippen LogP contribution in [0.25, 0.3) is 22.0 Å². The summed E-state index contributed by atoms with van der Waals surface area (Å²) in [7, 11) is 0. The molecular formula is C21H15NS. The molecule has 0 aliphatic carbocycles. The van der Waals surface area contributed by atoms with E-state index in [0.717, 1.165) is 5.69 Å². The van der Waals surface area contributed by atoms with Crippen molar-refractivity contribution < 1.29 is 0 Å². The molecule has 0 fully saturated rings. The molecule has 2 heteroatoms. The summed E-state index contributed by atoms with van der Waals surface area (Å²) in [5, 5.41) is 2.48. The summed E-state index contributed by atoms with van der Waals surface area (Å²) in [5.74, 6) is 0. The van der Waals surface area contributed by atoms with Gasteiger partial charge in [-0.3, -0.25) is 4.98 Å². The summed E-state index contributed by atoms with van der Waals surface area (Å²) in [6, 6.07) is 29.4. The Morgan fingerprint density at radius 3 is 2.26 bits per heavy atom. The fraction of sp³-hybridized carbons (Fsp3) is 0. The van der Waals surface area contributed by atoms with Gasteiger partial charge >= 0.3 is 0 Å². The van der Waals surface area contributed by atoms with E-state index in [1.165, 1.54) is 26.1 Å². The van der Waals surface area contributed by atoms with Gasteiger partial charge in [0.25, 0.3) is 0 Å². The molecule has 1 nitrogen and oxygen atoms in total. The lowest BCUT2D eigenvalue weighted by Crippen LogP contribution is -1.88. The van der Waals surface area contributed by atoms with E-state index < -0.39 is 0 Å². The van der Waals surface area contributed by atoms with Crippen molar-refractivity contribution in [3.63, 3.8) is 0 Å². The van der Waals surface area contributed by atoms with E-state index in [2.05, 4.69) is 71.7 Å². The Bertz CT molecular complexity index is 933. The van der Waals surface area contributed by atoms with Crippen molar-refractivity contribution in [3.05, 3.63) is 91.1 Å². The van der Waals surface area contributed by atoms with Gasteiger partial charge in [-0.25, -0.2) is 0 Å². The fourth-order valence-corrected chi connectivity index (χ4v) is 3.73. The van der Waals surface area contributed by atoms with Crippen LogP contribution in [-0.2, 0) is 0 Å².